The maximum Gasteiger partial charge on any atom is 0.0522 e. The molecule has 1 aromatic heterocycles. The molecule has 0 spiro atoms. The Bertz CT molecular complexity index is 230. The number of hydrogen-bond acceptors (Lipinski definition) is 2. The van der Waals surface area contributed by atoms with Crippen molar-refractivity contribution in [3.63, 3.8) is 0 Å². The summed E-state index contributed by atoms with van der Waals surface area (Å²) in [6.07, 6.45) is 5.22. The topological polar surface area (TPSA) is 40.7 Å². The van der Waals surface area contributed by atoms with Gasteiger partial charge in [0.1, 0.15) is 0 Å². The van der Waals surface area contributed by atoms with Crippen molar-refractivity contribution in [2.45, 2.75) is 19.3 Å². The summed E-state index contributed by atoms with van der Waals surface area (Å²) < 4.78 is 0. The normalized spacial score (nSPS) is 30.4. The predicted octanol–water partition coefficient (Wildman–Crippen LogP) is 1.12. The van der Waals surface area contributed by atoms with Gasteiger partial charge in [-0.05, 0) is 30.4 Å². The van der Waals surface area contributed by atoms with Crippen molar-refractivity contribution in [3.8, 4) is 0 Å². The lowest BCUT2D eigenvalue weighted by molar-refractivity contribution is 0.364. The zero-order chi connectivity index (χ0) is 8.39. The molecule has 3 heteroatoms. The van der Waals surface area contributed by atoms with E-state index in [9.17, 15) is 0 Å². The molecule has 1 saturated heterocycles. The number of nitrogens with one attached hydrogen (secondary N) is 2. The van der Waals surface area contributed by atoms with E-state index in [1.165, 1.54) is 12.0 Å². The van der Waals surface area contributed by atoms with Crippen LogP contribution < -0.4 is 5.32 Å². The van der Waals surface area contributed by atoms with Gasteiger partial charge in [-0.1, -0.05) is 6.92 Å². The molecule has 0 amide bonds. The summed E-state index contributed by atoms with van der Waals surface area (Å²) in [7, 11) is 0. The van der Waals surface area contributed by atoms with Crippen molar-refractivity contribution in [2.24, 2.45) is 5.92 Å². The molecule has 0 unspecified atom stereocenters. The molecule has 66 valence electrons. The molecule has 2 rings (SSSR count). The molecule has 3 nitrogen and oxygen atoms in total. The highest BCUT2D eigenvalue weighted by Crippen LogP contribution is 2.24. The van der Waals surface area contributed by atoms with Crippen LogP contribution in [0.5, 0.6) is 0 Å². The largest absolute Gasteiger partial charge is 0.316 e. The maximum absolute atomic E-state index is 3.97. The summed E-state index contributed by atoms with van der Waals surface area (Å²) in [5, 5.41) is 10.3. The van der Waals surface area contributed by atoms with Crippen LogP contribution in [0.1, 0.15) is 24.8 Å². The van der Waals surface area contributed by atoms with Crippen LogP contribution in [-0.2, 0) is 0 Å². The van der Waals surface area contributed by atoms with E-state index in [-0.39, 0.29) is 0 Å². The van der Waals surface area contributed by atoms with Crippen molar-refractivity contribution in [2.75, 3.05) is 13.1 Å². The first-order valence-corrected chi connectivity index (χ1v) is 4.55. The van der Waals surface area contributed by atoms with Crippen LogP contribution in [0, 0.1) is 5.92 Å². The van der Waals surface area contributed by atoms with Crippen LogP contribution in [0.3, 0.4) is 0 Å². The highest BCUT2D eigenvalue weighted by Gasteiger charge is 2.20. The van der Waals surface area contributed by atoms with Crippen molar-refractivity contribution in [1.82, 2.24) is 15.5 Å². The van der Waals surface area contributed by atoms with E-state index in [0.717, 1.165) is 19.0 Å². The summed E-state index contributed by atoms with van der Waals surface area (Å²) in [6.45, 7) is 4.55. The Hall–Kier alpha value is -0.830. The van der Waals surface area contributed by atoms with E-state index in [0.29, 0.717) is 5.92 Å². The molecule has 12 heavy (non-hydrogen) atoms. The number of aromatic amines is 1. The summed E-state index contributed by atoms with van der Waals surface area (Å²) in [6, 6.07) is 0. The highest BCUT2D eigenvalue weighted by molar-refractivity contribution is 5.12. The number of aromatic nitrogens is 2. The number of rotatable bonds is 1. The number of nitrogens with zero attached hydrogens (tertiary/aromatic N) is 1. The van der Waals surface area contributed by atoms with Crippen molar-refractivity contribution in [1.29, 1.82) is 0 Å². The first kappa shape index (κ1) is 7.80. The molecule has 0 radical (unpaired) electrons. The van der Waals surface area contributed by atoms with Crippen molar-refractivity contribution >= 4 is 0 Å². The molecular formula is C9H15N3. The fourth-order valence-electron chi connectivity index (χ4n) is 1.89. The van der Waals surface area contributed by atoms with Crippen molar-refractivity contribution in [3.05, 3.63) is 18.0 Å². The van der Waals surface area contributed by atoms with Crippen LogP contribution in [0.2, 0.25) is 0 Å². The Kier molecular flexibility index (Phi) is 2.13. The summed E-state index contributed by atoms with van der Waals surface area (Å²) in [4.78, 5) is 0. The second-order valence-corrected chi connectivity index (χ2v) is 3.73. The molecule has 2 atom stereocenters. The fourth-order valence-corrected chi connectivity index (χ4v) is 1.89. The quantitative estimate of drug-likeness (QED) is 0.654. The molecule has 2 heterocycles. The molecule has 1 fully saturated rings. The Morgan fingerprint density at radius 2 is 2.42 bits per heavy atom. The van der Waals surface area contributed by atoms with Gasteiger partial charge >= 0.3 is 0 Å². The van der Waals surface area contributed by atoms with Gasteiger partial charge in [0.25, 0.3) is 0 Å². The highest BCUT2D eigenvalue weighted by atomic mass is 15.1. The smallest absolute Gasteiger partial charge is 0.0522 e. The van der Waals surface area contributed by atoms with Crippen molar-refractivity contribution < 1.29 is 0 Å². The van der Waals surface area contributed by atoms with E-state index in [1.807, 2.05) is 12.4 Å². The zero-order valence-corrected chi connectivity index (χ0v) is 7.38. The van der Waals surface area contributed by atoms with Gasteiger partial charge in [-0.3, -0.25) is 5.10 Å². The van der Waals surface area contributed by atoms with Gasteiger partial charge in [0.2, 0.25) is 0 Å². The van der Waals surface area contributed by atoms with Gasteiger partial charge in [-0.25, -0.2) is 0 Å². The lowest BCUT2D eigenvalue weighted by Crippen LogP contribution is -2.33. The van der Waals surface area contributed by atoms with E-state index in [1.54, 1.807) is 0 Å². The Morgan fingerprint density at radius 3 is 3.08 bits per heavy atom. The minimum Gasteiger partial charge on any atom is -0.316 e. The van der Waals surface area contributed by atoms with E-state index < -0.39 is 0 Å². The average Bonchev–Trinajstić information content (AvgIpc) is 2.56. The number of hydrogen-bond donors (Lipinski definition) is 2. The number of piperidine rings is 1. The third-order valence-electron chi connectivity index (χ3n) is 2.56. The lowest BCUT2D eigenvalue weighted by atomic mass is 9.88. The van der Waals surface area contributed by atoms with Crippen LogP contribution >= 0.6 is 0 Å². The standard InChI is InChI=1S/C9H15N3/c1-7-2-8(4-10-3-7)9-5-11-12-6-9/h5-8,10H,2-4H2,1H3,(H,11,12)/t7-,8+/m0/s1. The minimum atomic E-state index is 0.660. The third-order valence-corrected chi connectivity index (χ3v) is 2.56. The van der Waals surface area contributed by atoms with Gasteiger partial charge in [0, 0.05) is 12.7 Å². The Labute approximate surface area is 72.6 Å². The molecule has 1 aliphatic heterocycles. The third kappa shape index (κ3) is 1.50. The zero-order valence-electron chi connectivity index (χ0n) is 7.38. The molecule has 0 saturated carbocycles. The molecule has 1 aliphatic rings. The molecule has 0 aliphatic carbocycles. The van der Waals surface area contributed by atoms with Crippen LogP contribution in [0.4, 0.5) is 0 Å². The van der Waals surface area contributed by atoms with Gasteiger partial charge in [-0.15, -0.1) is 0 Å². The molecule has 2 N–H and O–H groups in total. The molecule has 1 aromatic rings. The van der Waals surface area contributed by atoms with Gasteiger partial charge in [-0.2, -0.15) is 5.10 Å². The van der Waals surface area contributed by atoms with E-state index in [4.69, 9.17) is 0 Å². The van der Waals surface area contributed by atoms with Crippen LogP contribution in [0.25, 0.3) is 0 Å². The molecule has 0 bridgehead atoms. The monoisotopic (exact) mass is 165 g/mol. The first-order chi connectivity index (χ1) is 5.86. The summed E-state index contributed by atoms with van der Waals surface area (Å²) in [5.41, 5.74) is 1.34. The van der Waals surface area contributed by atoms with E-state index in [2.05, 4.69) is 22.4 Å². The first-order valence-electron chi connectivity index (χ1n) is 4.55. The van der Waals surface area contributed by atoms with Crippen LogP contribution in [0.15, 0.2) is 12.4 Å². The lowest BCUT2D eigenvalue weighted by Gasteiger charge is -2.26. The second-order valence-electron chi connectivity index (χ2n) is 3.73. The van der Waals surface area contributed by atoms with Gasteiger partial charge < -0.3 is 5.32 Å². The van der Waals surface area contributed by atoms with Gasteiger partial charge in [0.05, 0.1) is 6.20 Å². The Balaban J connectivity index is 2.04. The number of H-pyrrole nitrogens is 1. The Morgan fingerprint density at radius 1 is 1.50 bits per heavy atom. The summed E-state index contributed by atoms with van der Waals surface area (Å²) >= 11 is 0. The average molecular weight is 165 g/mol. The summed E-state index contributed by atoms with van der Waals surface area (Å²) in [5.74, 6) is 1.45. The van der Waals surface area contributed by atoms with E-state index >= 15 is 0 Å². The minimum absolute atomic E-state index is 0.660. The maximum atomic E-state index is 3.97. The molecule has 0 aromatic carbocycles. The second kappa shape index (κ2) is 3.27. The SMILES string of the molecule is C[C@@H]1CNC[C@H](c2cn[nH]c2)C1. The molecular weight excluding hydrogens is 150 g/mol. The fraction of sp³-hybridized carbons (Fsp3) is 0.667. The van der Waals surface area contributed by atoms with Gasteiger partial charge in [0.15, 0.2) is 0 Å². The van der Waals surface area contributed by atoms with Crippen LogP contribution in [-0.4, -0.2) is 23.3 Å². The predicted molar refractivity (Wildman–Crippen MR) is 48.0 cm³/mol.